The van der Waals surface area contributed by atoms with E-state index >= 15 is 0 Å². The van der Waals surface area contributed by atoms with E-state index in [1.165, 1.54) is 0 Å². The van der Waals surface area contributed by atoms with Crippen LogP contribution in [-0.4, -0.2) is 24.2 Å². The lowest BCUT2D eigenvalue weighted by molar-refractivity contribution is -0.137. The Morgan fingerprint density at radius 2 is 1.83 bits per heavy atom. The molecule has 4 rings (SSSR count). The molecule has 35 heavy (non-hydrogen) atoms. The summed E-state index contributed by atoms with van der Waals surface area (Å²) < 4.78 is 45.5. The van der Waals surface area contributed by atoms with E-state index in [0.717, 1.165) is 55.1 Å². The molecular formula is C26H27ClF3N3O2. The number of carbonyl (C=O) groups excluding carboxylic acids is 1. The highest BCUT2D eigenvalue weighted by Gasteiger charge is 2.34. The van der Waals surface area contributed by atoms with Gasteiger partial charge in [-0.05, 0) is 61.8 Å². The number of alkyl halides is 3. The molecule has 0 radical (unpaired) electrons. The second-order valence-electron chi connectivity index (χ2n) is 9.01. The summed E-state index contributed by atoms with van der Waals surface area (Å²) in [6, 6.07) is 13.6. The molecule has 0 atom stereocenters. The minimum absolute atomic E-state index is 0.0361. The first-order chi connectivity index (χ1) is 16.7. The van der Waals surface area contributed by atoms with Gasteiger partial charge in [0.1, 0.15) is 11.5 Å². The van der Waals surface area contributed by atoms with Crippen molar-refractivity contribution in [1.29, 1.82) is 0 Å². The number of nitrogens with zero attached hydrogens (tertiary/aromatic N) is 1. The standard InChI is InChI=1S/C26H27ClF3N3O2/c27-24-21(12-19(26(28,29)30)13-22(24)25(31)34)17-8-6-16(7-9-17)15-32-11-10-20-14-23(33-35-20)18-4-2-1-3-5-18/h1-5,12-14,16-17,32H,6-11,15H2,(H2,31,34). The number of carbonyl (C=O) groups is 1. The molecule has 1 aromatic heterocycles. The summed E-state index contributed by atoms with van der Waals surface area (Å²) >= 11 is 6.30. The molecule has 2 aromatic carbocycles. The molecule has 0 unspecified atom stereocenters. The Bertz CT molecular complexity index is 1160. The van der Waals surface area contributed by atoms with Gasteiger partial charge in [0.2, 0.25) is 5.91 Å². The number of aromatic nitrogens is 1. The first-order valence-electron chi connectivity index (χ1n) is 11.6. The zero-order valence-corrected chi connectivity index (χ0v) is 19.8. The highest BCUT2D eigenvalue weighted by Crippen LogP contribution is 2.42. The SMILES string of the molecule is NC(=O)c1cc(C(F)(F)F)cc(C2CCC(CNCCc3cc(-c4ccccc4)no3)CC2)c1Cl. The number of hydrogen-bond donors (Lipinski definition) is 2. The number of halogens is 4. The van der Waals surface area contributed by atoms with Gasteiger partial charge in [-0.3, -0.25) is 4.79 Å². The van der Waals surface area contributed by atoms with Gasteiger partial charge in [-0.15, -0.1) is 0 Å². The average Bonchev–Trinajstić information content (AvgIpc) is 3.31. The van der Waals surface area contributed by atoms with Crippen molar-refractivity contribution in [2.45, 2.75) is 44.2 Å². The van der Waals surface area contributed by atoms with Crippen molar-refractivity contribution in [1.82, 2.24) is 10.5 Å². The van der Waals surface area contributed by atoms with E-state index in [-0.39, 0.29) is 16.5 Å². The molecule has 3 aromatic rings. The van der Waals surface area contributed by atoms with Gasteiger partial charge < -0.3 is 15.6 Å². The third-order valence-corrected chi connectivity index (χ3v) is 7.01. The second kappa shape index (κ2) is 10.8. The molecule has 9 heteroatoms. The summed E-state index contributed by atoms with van der Waals surface area (Å²) in [4.78, 5) is 11.7. The van der Waals surface area contributed by atoms with E-state index in [4.69, 9.17) is 21.9 Å². The Morgan fingerprint density at radius 1 is 1.11 bits per heavy atom. The maximum absolute atomic E-state index is 13.3. The molecule has 1 aliphatic carbocycles. The Hall–Kier alpha value is -2.84. The molecular weight excluding hydrogens is 479 g/mol. The van der Waals surface area contributed by atoms with E-state index in [1.807, 2.05) is 36.4 Å². The van der Waals surface area contributed by atoms with E-state index in [0.29, 0.717) is 30.7 Å². The number of benzene rings is 2. The van der Waals surface area contributed by atoms with E-state index in [9.17, 15) is 18.0 Å². The molecule has 1 saturated carbocycles. The highest BCUT2D eigenvalue weighted by atomic mass is 35.5. The van der Waals surface area contributed by atoms with Crippen LogP contribution in [0.25, 0.3) is 11.3 Å². The first kappa shape index (κ1) is 25.3. The number of nitrogens with one attached hydrogen (secondary N) is 1. The van der Waals surface area contributed by atoms with E-state index < -0.39 is 17.6 Å². The minimum Gasteiger partial charge on any atom is -0.366 e. The summed E-state index contributed by atoms with van der Waals surface area (Å²) in [5, 5.41) is 7.61. The van der Waals surface area contributed by atoms with Crippen LogP contribution >= 0.6 is 11.6 Å². The fraction of sp³-hybridized carbons (Fsp3) is 0.385. The maximum atomic E-state index is 13.3. The molecule has 0 aliphatic heterocycles. The van der Waals surface area contributed by atoms with Gasteiger partial charge >= 0.3 is 6.18 Å². The van der Waals surface area contributed by atoms with Crippen molar-refractivity contribution in [3.63, 3.8) is 0 Å². The van der Waals surface area contributed by atoms with Gasteiger partial charge in [0.05, 0.1) is 16.1 Å². The Labute approximate surface area is 206 Å². The number of rotatable bonds is 8. The second-order valence-corrected chi connectivity index (χ2v) is 9.38. The molecule has 1 fully saturated rings. The van der Waals surface area contributed by atoms with E-state index in [2.05, 4.69) is 10.5 Å². The average molecular weight is 506 g/mol. The van der Waals surface area contributed by atoms with Crippen LogP contribution in [-0.2, 0) is 12.6 Å². The van der Waals surface area contributed by atoms with Crippen molar-refractivity contribution in [2.24, 2.45) is 11.7 Å². The van der Waals surface area contributed by atoms with Gasteiger partial charge in [0.25, 0.3) is 0 Å². The lowest BCUT2D eigenvalue weighted by Gasteiger charge is -2.30. The van der Waals surface area contributed by atoms with Gasteiger partial charge in [0.15, 0.2) is 0 Å². The number of primary amides is 1. The molecule has 0 bridgehead atoms. The Balaban J connectivity index is 1.28. The molecule has 0 saturated heterocycles. The summed E-state index contributed by atoms with van der Waals surface area (Å²) in [5.41, 5.74) is 6.30. The van der Waals surface area contributed by atoms with E-state index in [1.54, 1.807) is 0 Å². The van der Waals surface area contributed by atoms with Gasteiger partial charge in [-0.1, -0.05) is 47.1 Å². The molecule has 0 spiro atoms. The van der Waals surface area contributed by atoms with Gasteiger partial charge in [0, 0.05) is 24.6 Å². The van der Waals surface area contributed by atoms with Crippen molar-refractivity contribution in [2.75, 3.05) is 13.1 Å². The monoisotopic (exact) mass is 505 g/mol. The quantitative estimate of drug-likeness (QED) is 0.356. The summed E-state index contributed by atoms with van der Waals surface area (Å²) in [7, 11) is 0. The molecule has 5 nitrogen and oxygen atoms in total. The predicted molar refractivity (Wildman–Crippen MR) is 128 cm³/mol. The summed E-state index contributed by atoms with van der Waals surface area (Å²) in [6.45, 7) is 1.56. The zero-order valence-electron chi connectivity index (χ0n) is 19.1. The largest absolute Gasteiger partial charge is 0.416 e. The topological polar surface area (TPSA) is 81.2 Å². The van der Waals surface area contributed by atoms with Crippen LogP contribution in [0.1, 0.15) is 58.8 Å². The first-order valence-corrected chi connectivity index (χ1v) is 12.0. The molecule has 1 heterocycles. The lowest BCUT2D eigenvalue weighted by Crippen LogP contribution is -2.28. The lowest BCUT2D eigenvalue weighted by atomic mass is 9.78. The van der Waals surface area contributed by atoms with Crippen LogP contribution in [0.2, 0.25) is 5.02 Å². The van der Waals surface area contributed by atoms with Crippen LogP contribution in [0.5, 0.6) is 0 Å². The van der Waals surface area contributed by atoms with Crippen molar-refractivity contribution >= 4 is 17.5 Å². The summed E-state index contributed by atoms with van der Waals surface area (Å²) in [6.07, 6.45) is -0.740. The zero-order chi connectivity index (χ0) is 25.0. The Kier molecular flexibility index (Phi) is 7.82. The van der Waals surface area contributed by atoms with Crippen molar-refractivity contribution in [3.8, 4) is 11.3 Å². The van der Waals surface area contributed by atoms with Crippen molar-refractivity contribution < 1.29 is 22.5 Å². The molecule has 186 valence electrons. The fourth-order valence-corrected chi connectivity index (χ4v) is 5.01. The van der Waals surface area contributed by atoms with Crippen LogP contribution < -0.4 is 11.1 Å². The predicted octanol–water partition coefficient (Wildman–Crippen LogP) is 6.22. The van der Waals surface area contributed by atoms with Gasteiger partial charge in [-0.2, -0.15) is 13.2 Å². The fourth-order valence-electron chi connectivity index (χ4n) is 4.66. The van der Waals surface area contributed by atoms with Crippen molar-refractivity contribution in [3.05, 3.63) is 76.0 Å². The number of hydrogen-bond acceptors (Lipinski definition) is 4. The Morgan fingerprint density at radius 3 is 2.49 bits per heavy atom. The van der Waals surface area contributed by atoms with Crippen LogP contribution in [0.4, 0.5) is 13.2 Å². The van der Waals surface area contributed by atoms with Gasteiger partial charge in [-0.25, -0.2) is 0 Å². The normalized spacial score (nSPS) is 18.5. The van der Waals surface area contributed by atoms with Crippen LogP contribution in [0, 0.1) is 5.92 Å². The number of nitrogens with two attached hydrogens (primary N) is 1. The van der Waals surface area contributed by atoms with Crippen LogP contribution in [0.15, 0.2) is 53.1 Å². The third-order valence-electron chi connectivity index (χ3n) is 6.59. The molecule has 3 N–H and O–H groups in total. The maximum Gasteiger partial charge on any atom is 0.416 e. The third kappa shape index (κ3) is 6.24. The van der Waals surface area contributed by atoms with Crippen LogP contribution in [0.3, 0.4) is 0 Å². The summed E-state index contributed by atoms with van der Waals surface area (Å²) in [5.74, 6) is 0.137. The molecule has 1 amide bonds. The smallest absolute Gasteiger partial charge is 0.366 e. The minimum atomic E-state index is -4.57. The highest BCUT2D eigenvalue weighted by molar-refractivity contribution is 6.34. The number of amides is 1. The molecule has 1 aliphatic rings.